The fraction of sp³-hybridized carbons (Fsp3) is 0.857. The summed E-state index contributed by atoms with van der Waals surface area (Å²) in [6.07, 6.45) is 10.4. The number of rotatable bonds is 10. The van der Waals surface area contributed by atoms with Gasteiger partial charge >= 0.3 is 0 Å². The van der Waals surface area contributed by atoms with Crippen LogP contribution in [0.2, 0.25) is 0 Å². The van der Waals surface area contributed by atoms with Gasteiger partial charge in [-0.2, -0.15) is 5.10 Å². The summed E-state index contributed by atoms with van der Waals surface area (Å²) in [7, 11) is 0. The first-order valence-corrected chi connectivity index (χ1v) is 7.32. The molecule has 0 bridgehead atoms. The summed E-state index contributed by atoms with van der Waals surface area (Å²) in [6.45, 7) is 5.09. The summed E-state index contributed by atoms with van der Waals surface area (Å²) in [6, 6.07) is 0. The van der Waals surface area contributed by atoms with Crippen LogP contribution in [0.15, 0.2) is 6.33 Å². The lowest BCUT2D eigenvalue weighted by molar-refractivity contribution is 0.157. The van der Waals surface area contributed by atoms with Gasteiger partial charge in [-0.15, -0.1) is 0 Å². The van der Waals surface area contributed by atoms with E-state index in [4.69, 9.17) is 0 Å². The van der Waals surface area contributed by atoms with E-state index in [-0.39, 0.29) is 6.10 Å². The molecule has 4 nitrogen and oxygen atoms in total. The molecule has 0 spiro atoms. The zero-order chi connectivity index (χ0) is 13.2. The van der Waals surface area contributed by atoms with Crippen LogP contribution < -0.4 is 0 Å². The minimum atomic E-state index is -0.273. The highest BCUT2D eigenvalue weighted by Gasteiger charge is 2.10. The number of aromatic nitrogens is 3. The molecular formula is C14H27N3O. The molecule has 0 aliphatic heterocycles. The van der Waals surface area contributed by atoms with Crippen LogP contribution in [-0.2, 0) is 13.0 Å². The fourth-order valence-corrected chi connectivity index (χ4v) is 2.18. The Hall–Kier alpha value is -0.900. The van der Waals surface area contributed by atoms with Gasteiger partial charge in [0, 0.05) is 13.0 Å². The van der Waals surface area contributed by atoms with Crippen LogP contribution in [0.1, 0.15) is 64.6 Å². The molecule has 0 fully saturated rings. The summed E-state index contributed by atoms with van der Waals surface area (Å²) in [5.74, 6) is 0.899. The van der Waals surface area contributed by atoms with Gasteiger partial charge in [-0.3, -0.25) is 4.68 Å². The number of aliphatic hydroxyl groups is 1. The van der Waals surface area contributed by atoms with Crippen molar-refractivity contribution in [3.63, 3.8) is 0 Å². The molecule has 18 heavy (non-hydrogen) atoms. The average Bonchev–Trinajstić information content (AvgIpc) is 2.80. The Bertz CT molecular complexity index is 312. The van der Waals surface area contributed by atoms with Gasteiger partial charge < -0.3 is 5.11 Å². The zero-order valence-electron chi connectivity index (χ0n) is 11.8. The summed E-state index contributed by atoms with van der Waals surface area (Å²) in [5, 5.41) is 14.1. The third kappa shape index (κ3) is 5.63. The van der Waals surface area contributed by atoms with Gasteiger partial charge in [-0.1, -0.05) is 45.4 Å². The lowest BCUT2D eigenvalue weighted by atomic mass is 10.1. The molecule has 1 aromatic heterocycles. The van der Waals surface area contributed by atoms with Gasteiger partial charge in [0.05, 0.1) is 6.10 Å². The highest BCUT2D eigenvalue weighted by Crippen LogP contribution is 2.11. The van der Waals surface area contributed by atoms with Crippen molar-refractivity contribution >= 4 is 0 Å². The summed E-state index contributed by atoms with van der Waals surface area (Å²) >= 11 is 0. The Labute approximate surface area is 110 Å². The number of aliphatic hydroxyl groups excluding tert-OH is 1. The van der Waals surface area contributed by atoms with E-state index in [1.807, 2.05) is 11.6 Å². The van der Waals surface area contributed by atoms with Crippen molar-refractivity contribution in [1.29, 1.82) is 0 Å². The SMILES string of the molecule is CCCCCCCCC(O)Cc1ncnn1CC. The molecule has 1 aromatic rings. The summed E-state index contributed by atoms with van der Waals surface area (Å²) in [5.41, 5.74) is 0. The van der Waals surface area contributed by atoms with Crippen LogP contribution >= 0.6 is 0 Å². The Morgan fingerprint density at radius 1 is 1.17 bits per heavy atom. The minimum absolute atomic E-state index is 0.273. The quantitative estimate of drug-likeness (QED) is 0.652. The summed E-state index contributed by atoms with van der Waals surface area (Å²) < 4.78 is 1.85. The van der Waals surface area contributed by atoms with Crippen molar-refractivity contribution in [2.75, 3.05) is 0 Å². The number of hydrogen-bond donors (Lipinski definition) is 1. The molecule has 0 saturated heterocycles. The Morgan fingerprint density at radius 3 is 2.61 bits per heavy atom. The van der Waals surface area contributed by atoms with Crippen molar-refractivity contribution in [3.05, 3.63) is 12.2 Å². The number of aryl methyl sites for hydroxylation is 1. The van der Waals surface area contributed by atoms with Gasteiger partial charge in [0.25, 0.3) is 0 Å². The zero-order valence-corrected chi connectivity index (χ0v) is 11.8. The van der Waals surface area contributed by atoms with E-state index in [0.29, 0.717) is 6.42 Å². The van der Waals surface area contributed by atoms with E-state index in [9.17, 15) is 5.11 Å². The summed E-state index contributed by atoms with van der Waals surface area (Å²) in [4.78, 5) is 4.19. The van der Waals surface area contributed by atoms with Crippen molar-refractivity contribution in [3.8, 4) is 0 Å². The van der Waals surface area contributed by atoms with E-state index in [2.05, 4.69) is 17.0 Å². The van der Waals surface area contributed by atoms with Crippen molar-refractivity contribution < 1.29 is 5.11 Å². The topological polar surface area (TPSA) is 50.9 Å². The second-order valence-corrected chi connectivity index (χ2v) is 4.91. The number of hydrogen-bond acceptors (Lipinski definition) is 3. The maximum absolute atomic E-state index is 9.96. The first kappa shape index (κ1) is 15.2. The molecule has 1 atom stereocenters. The van der Waals surface area contributed by atoms with E-state index in [1.165, 1.54) is 32.1 Å². The van der Waals surface area contributed by atoms with Crippen molar-refractivity contribution in [2.45, 2.75) is 77.9 Å². The van der Waals surface area contributed by atoms with Crippen LogP contribution in [-0.4, -0.2) is 26.0 Å². The smallest absolute Gasteiger partial charge is 0.138 e. The van der Waals surface area contributed by atoms with Crippen LogP contribution in [0.3, 0.4) is 0 Å². The van der Waals surface area contributed by atoms with Crippen LogP contribution in [0.4, 0.5) is 0 Å². The highest BCUT2D eigenvalue weighted by molar-refractivity contribution is 4.87. The third-order valence-electron chi connectivity index (χ3n) is 3.30. The predicted molar refractivity (Wildman–Crippen MR) is 73.4 cm³/mol. The monoisotopic (exact) mass is 253 g/mol. The standard InChI is InChI=1S/C14H27N3O/c1-3-5-6-7-8-9-10-13(18)11-14-15-12-16-17(14)4-2/h12-13,18H,3-11H2,1-2H3. The number of nitrogens with zero attached hydrogens (tertiary/aromatic N) is 3. The first-order valence-electron chi connectivity index (χ1n) is 7.32. The van der Waals surface area contributed by atoms with Crippen LogP contribution in [0.25, 0.3) is 0 Å². The maximum atomic E-state index is 9.96. The van der Waals surface area contributed by atoms with Crippen molar-refractivity contribution in [1.82, 2.24) is 14.8 Å². The molecule has 0 aliphatic rings. The van der Waals surface area contributed by atoms with Gasteiger partial charge in [0.15, 0.2) is 0 Å². The Kier molecular flexibility index (Phi) is 7.65. The Morgan fingerprint density at radius 2 is 1.89 bits per heavy atom. The molecule has 104 valence electrons. The molecule has 0 saturated carbocycles. The molecule has 1 rings (SSSR count). The maximum Gasteiger partial charge on any atom is 0.138 e. The van der Waals surface area contributed by atoms with Crippen molar-refractivity contribution in [2.24, 2.45) is 0 Å². The molecule has 1 N–H and O–H groups in total. The molecule has 0 amide bonds. The van der Waals surface area contributed by atoms with Gasteiger partial charge in [0.2, 0.25) is 0 Å². The molecular weight excluding hydrogens is 226 g/mol. The predicted octanol–water partition coefficient (Wildman–Crippen LogP) is 2.95. The largest absolute Gasteiger partial charge is 0.393 e. The highest BCUT2D eigenvalue weighted by atomic mass is 16.3. The number of unbranched alkanes of at least 4 members (excludes halogenated alkanes) is 5. The molecule has 0 aliphatic carbocycles. The molecule has 0 aromatic carbocycles. The lowest BCUT2D eigenvalue weighted by Gasteiger charge is -2.10. The molecule has 1 unspecified atom stereocenters. The molecule has 0 radical (unpaired) electrons. The van der Waals surface area contributed by atoms with Gasteiger partial charge in [0.1, 0.15) is 12.2 Å². The van der Waals surface area contributed by atoms with E-state index in [1.54, 1.807) is 6.33 Å². The molecule has 4 heteroatoms. The van der Waals surface area contributed by atoms with E-state index < -0.39 is 0 Å². The van der Waals surface area contributed by atoms with Gasteiger partial charge in [-0.25, -0.2) is 4.98 Å². The third-order valence-corrected chi connectivity index (χ3v) is 3.30. The second-order valence-electron chi connectivity index (χ2n) is 4.91. The fourth-order valence-electron chi connectivity index (χ4n) is 2.18. The Balaban J connectivity index is 2.12. The van der Waals surface area contributed by atoms with E-state index in [0.717, 1.165) is 25.2 Å². The first-order chi connectivity index (χ1) is 8.77. The van der Waals surface area contributed by atoms with E-state index >= 15 is 0 Å². The van der Waals surface area contributed by atoms with Crippen LogP contribution in [0, 0.1) is 0 Å². The van der Waals surface area contributed by atoms with Crippen LogP contribution in [0.5, 0.6) is 0 Å². The normalized spacial score (nSPS) is 12.8. The average molecular weight is 253 g/mol. The minimum Gasteiger partial charge on any atom is -0.393 e. The molecule has 1 heterocycles. The lowest BCUT2D eigenvalue weighted by Crippen LogP contribution is -2.15. The van der Waals surface area contributed by atoms with Gasteiger partial charge in [-0.05, 0) is 13.3 Å². The second kappa shape index (κ2) is 9.09.